The minimum Gasteiger partial charge on any atom is -0.484 e. The molecular weight excluding hydrogens is 271 g/mol. The first-order valence-electron chi connectivity index (χ1n) is 6.62. The normalized spacial score (nSPS) is 10.2. The maximum atomic E-state index is 13.3. The summed E-state index contributed by atoms with van der Waals surface area (Å²) in [6.07, 6.45) is 1.48. The minimum absolute atomic E-state index is 0.0434. The average Bonchev–Trinajstić information content (AvgIpc) is 2.47. The summed E-state index contributed by atoms with van der Waals surface area (Å²) < 4.78 is 18.7. The fourth-order valence-electron chi connectivity index (χ4n) is 1.73. The minimum atomic E-state index is -0.437. The van der Waals surface area contributed by atoms with Crippen molar-refractivity contribution in [2.45, 2.75) is 20.4 Å². The Bertz CT molecular complexity index is 644. The molecule has 0 aliphatic carbocycles. The van der Waals surface area contributed by atoms with Crippen LogP contribution in [-0.2, 0) is 11.3 Å². The molecular formula is C16H17FN2O2. The molecule has 0 spiro atoms. The number of rotatable bonds is 5. The van der Waals surface area contributed by atoms with E-state index in [2.05, 4.69) is 10.3 Å². The monoisotopic (exact) mass is 288 g/mol. The van der Waals surface area contributed by atoms with Crippen molar-refractivity contribution in [3.05, 3.63) is 59.2 Å². The SMILES string of the molecule is Cc1ccc(OCC(=O)NCc2ncccc2F)cc1C. The van der Waals surface area contributed by atoms with Crippen molar-refractivity contribution in [2.75, 3.05) is 6.61 Å². The summed E-state index contributed by atoms with van der Waals surface area (Å²) in [7, 11) is 0. The van der Waals surface area contributed by atoms with Crippen LogP contribution in [0.4, 0.5) is 4.39 Å². The maximum Gasteiger partial charge on any atom is 0.258 e. The molecule has 0 saturated carbocycles. The topological polar surface area (TPSA) is 51.2 Å². The molecule has 5 heteroatoms. The van der Waals surface area contributed by atoms with Crippen molar-refractivity contribution >= 4 is 5.91 Å². The summed E-state index contributed by atoms with van der Waals surface area (Å²) in [6.45, 7) is 3.91. The molecule has 0 saturated heterocycles. The van der Waals surface area contributed by atoms with Gasteiger partial charge in [0.15, 0.2) is 6.61 Å². The molecule has 0 aliphatic rings. The summed E-state index contributed by atoms with van der Waals surface area (Å²) in [4.78, 5) is 15.5. The van der Waals surface area contributed by atoms with Crippen molar-refractivity contribution in [2.24, 2.45) is 0 Å². The number of hydrogen-bond donors (Lipinski definition) is 1. The van der Waals surface area contributed by atoms with Crippen molar-refractivity contribution in [3.8, 4) is 5.75 Å². The zero-order chi connectivity index (χ0) is 15.2. The second kappa shape index (κ2) is 6.83. The summed E-state index contributed by atoms with van der Waals surface area (Å²) in [5.41, 5.74) is 2.47. The number of nitrogens with zero attached hydrogens (tertiary/aromatic N) is 1. The molecule has 1 aromatic carbocycles. The summed E-state index contributed by atoms with van der Waals surface area (Å²) in [5, 5.41) is 2.57. The molecule has 21 heavy (non-hydrogen) atoms. The van der Waals surface area contributed by atoms with Crippen LogP contribution in [0.2, 0.25) is 0 Å². The van der Waals surface area contributed by atoms with Gasteiger partial charge in [0.25, 0.3) is 5.91 Å². The maximum absolute atomic E-state index is 13.3. The molecule has 0 radical (unpaired) electrons. The number of halogens is 1. The molecule has 1 amide bonds. The van der Waals surface area contributed by atoms with E-state index in [1.807, 2.05) is 32.0 Å². The van der Waals surface area contributed by atoms with Crippen LogP contribution < -0.4 is 10.1 Å². The third-order valence-electron chi connectivity index (χ3n) is 3.14. The van der Waals surface area contributed by atoms with E-state index in [1.165, 1.54) is 18.3 Å². The highest BCUT2D eigenvalue weighted by Gasteiger charge is 2.06. The van der Waals surface area contributed by atoms with E-state index in [9.17, 15) is 9.18 Å². The van der Waals surface area contributed by atoms with Crippen LogP contribution in [0.3, 0.4) is 0 Å². The summed E-state index contributed by atoms with van der Waals surface area (Å²) in [6, 6.07) is 8.43. The van der Waals surface area contributed by atoms with Crippen LogP contribution in [-0.4, -0.2) is 17.5 Å². The molecule has 1 heterocycles. The van der Waals surface area contributed by atoms with Gasteiger partial charge in [-0.15, -0.1) is 0 Å². The van der Waals surface area contributed by atoms with Gasteiger partial charge in [-0.05, 0) is 49.2 Å². The van der Waals surface area contributed by atoms with Gasteiger partial charge < -0.3 is 10.1 Å². The van der Waals surface area contributed by atoms with Crippen molar-refractivity contribution < 1.29 is 13.9 Å². The van der Waals surface area contributed by atoms with Gasteiger partial charge in [-0.2, -0.15) is 0 Å². The highest BCUT2D eigenvalue weighted by molar-refractivity contribution is 5.77. The molecule has 0 atom stereocenters. The second-order valence-electron chi connectivity index (χ2n) is 4.74. The molecule has 0 aliphatic heterocycles. The molecule has 110 valence electrons. The van der Waals surface area contributed by atoms with Gasteiger partial charge in [-0.3, -0.25) is 9.78 Å². The molecule has 1 N–H and O–H groups in total. The van der Waals surface area contributed by atoms with E-state index in [-0.39, 0.29) is 24.8 Å². The van der Waals surface area contributed by atoms with Gasteiger partial charge in [0, 0.05) is 6.20 Å². The predicted molar refractivity (Wildman–Crippen MR) is 77.5 cm³/mol. The Morgan fingerprint density at radius 2 is 2.10 bits per heavy atom. The predicted octanol–water partition coefficient (Wildman–Crippen LogP) is 2.53. The quantitative estimate of drug-likeness (QED) is 0.920. The first-order chi connectivity index (χ1) is 10.1. The second-order valence-corrected chi connectivity index (χ2v) is 4.74. The van der Waals surface area contributed by atoms with E-state index >= 15 is 0 Å². The lowest BCUT2D eigenvalue weighted by Gasteiger charge is -2.09. The van der Waals surface area contributed by atoms with Gasteiger partial charge in [0.05, 0.1) is 12.2 Å². The van der Waals surface area contributed by atoms with E-state index in [0.717, 1.165) is 11.1 Å². The summed E-state index contributed by atoms with van der Waals surface area (Å²) in [5.74, 6) is -0.122. The molecule has 0 bridgehead atoms. The molecule has 0 unspecified atom stereocenters. The lowest BCUT2D eigenvalue weighted by Crippen LogP contribution is -2.29. The number of pyridine rings is 1. The number of hydrogen-bond acceptors (Lipinski definition) is 3. The molecule has 1 aromatic heterocycles. The first kappa shape index (κ1) is 15.0. The molecule has 2 rings (SSSR count). The van der Waals surface area contributed by atoms with Gasteiger partial charge in [0.2, 0.25) is 0 Å². The van der Waals surface area contributed by atoms with Crippen LogP contribution in [0.15, 0.2) is 36.5 Å². The molecule has 2 aromatic rings. The summed E-state index contributed by atoms with van der Waals surface area (Å²) >= 11 is 0. The third-order valence-corrected chi connectivity index (χ3v) is 3.14. The zero-order valence-corrected chi connectivity index (χ0v) is 12.0. The van der Waals surface area contributed by atoms with Crippen LogP contribution in [0, 0.1) is 19.7 Å². The Balaban J connectivity index is 1.82. The van der Waals surface area contributed by atoms with Gasteiger partial charge in [0.1, 0.15) is 11.6 Å². The molecule has 0 fully saturated rings. The van der Waals surface area contributed by atoms with Crippen molar-refractivity contribution in [1.82, 2.24) is 10.3 Å². The number of amides is 1. The van der Waals surface area contributed by atoms with Crippen LogP contribution >= 0.6 is 0 Å². The van der Waals surface area contributed by atoms with E-state index in [0.29, 0.717) is 5.75 Å². The highest BCUT2D eigenvalue weighted by atomic mass is 19.1. The van der Waals surface area contributed by atoms with E-state index in [1.54, 1.807) is 0 Å². The zero-order valence-electron chi connectivity index (χ0n) is 12.0. The largest absolute Gasteiger partial charge is 0.484 e. The highest BCUT2D eigenvalue weighted by Crippen LogP contribution is 2.16. The number of carbonyl (C=O) groups is 1. The number of nitrogens with one attached hydrogen (secondary N) is 1. The number of benzene rings is 1. The standard InChI is InChI=1S/C16H17FN2O2/c1-11-5-6-13(8-12(11)2)21-10-16(20)19-9-15-14(17)4-3-7-18-15/h3-8H,9-10H2,1-2H3,(H,19,20). The first-order valence-corrected chi connectivity index (χ1v) is 6.62. The fourth-order valence-corrected chi connectivity index (χ4v) is 1.73. The van der Waals surface area contributed by atoms with Crippen molar-refractivity contribution in [3.63, 3.8) is 0 Å². The Morgan fingerprint density at radius 3 is 2.81 bits per heavy atom. The Labute approximate surface area is 123 Å². The van der Waals surface area contributed by atoms with Gasteiger partial charge in [-0.25, -0.2) is 4.39 Å². The number of carbonyl (C=O) groups excluding carboxylic acids is 1. The lowest BCUT2D eigenvalue weighted by atomic mass is 10.1. The fraction of sp³-hybridized carbons (Fsp3) is 0.250. The van der Waals surface area contributed by atoms with Crippen LogP contribution in [0.1, 0.15) is 16.8 Å². The Morgan fingerprint density at radius 1 is 1.29 bits per heavy atom. The van der Waals surface area contributed by atoms with Crippen molar-refractivity contribution in [1.29, 1.82) is 0 Å². The number of aromatic nitrogens is 1. The Hall–Kier alpha value is -2.43. The number of aryl methyl sites for hydroxylation is 2. The Kier molecular flexibility index (Phi) is 4.87. The number of ether oxygens (including phenoxy) is 1. The average molecular weight is 288 g/mol. The smallest absolute Gasteiger partial charge is 0.258 e. The van der Waals surface area contributed by atoms with Gasteiger partial charge >= 0.3 is 0 Å². The van der Waals surface area contributed by atoms with Crippen LogP contribution in [0.5, 0.6) is 5.75 Å². The van der Waals surface area contributed by atoms with Gasteiger partial charge in [-0.1, -0.05) is 6.07 Å². The lowest BCUT2D eigenvalue weighted by molar-refractivity contribution is -0.123. The third kappa shape index (κ3) is 4.27. The molecule has 4 nitrogen and oxygen atoms in total. The van der Waals surface area contributed by atoms with E-state index in [4.69, 9.17) is 4.74 Å². The van der Waals surface area contributed by atoms with Crippen LogP contribution in [0.25, 0.3) is 0 Å². The van der Waals surface area contributed by atoms with E-state index < -0.39 is 5.82 Å².